The Bertz CT molecular complexity index is 607. The molecule has 0 amide bonds. The number of anilines is 1. The number of rotatable bonds is 2. The predicted molar refractivity (Wildman–Crippen MR) is 75.0 cm³/mol. The fourth-order valence-electron chi connectivity index (χ4n) is 1.31. The number of hydrogen-bond acceptors (Lipinski definition) is 2. The summed E-state index contributed by atoms with van der Waals surface area (Å²) in [5.41, 5.74) is 6.07. The number of halogens is 4. The first-order valence-corrected chi connectivity index (χ1v) is 6.39. The molecule has 0 radical (unpaired) electrons. The van der Waals surface area contributed by atoms with Crippen LogP contribution in [0.2, 0.25) is 10.0 Å². The molecule has 0 saturated heterocycles. The Morgan fingerprint density at radius 2 is 1.72 bits per heavy atom. The number of ether oxygens (including phenoxy) is 1. The molecule has 0 fully saturated rings. The molecule has 0 unspecified atom stereocenters. The Hall–Kier alpha value is -0.970. The van der Waals surface area contributed by atoms with Crippen molar-refractivity contribution in [1.82, 2.24) is 0 Å². The van der Waals surface area contributed by atoms with E-state index in [0.29, 0.717) is 31.7 Å². The molecule has 6 heteroatoms. The van der Waals surface area contributed by atoms with Gasteiger partial charge in [0, 0.05) is 12.1 Å². The molecule has 2 aromatic rings. The highest BCUT2D eigenvalue weighted by atomic mass is 79.9. The number of hydrogen-bond donors (Lipinski definition) is 1. The summed E-state index contributed by atoms with van der Waals surface area (Å²) in [4.78, 5) is 0. The summed E-state index contributed by atoms with van der Waals surface area (Å²) >= 11 is 14.9. The van der Waals surface area contributed by atoms with Crippen LogP contribution in [0.3, 0.4) is 0 Å². The van der Waals surface area contributed by atoms with Gasteiger partial charge >= 0.3 is 0 Å². The summed E-state index contributed by atoms with van der Waals surface area (Å²) < 4.78 is 19.2. The van der Waals surface area contributed by atoms with E-state index in [2.05, 4.69) is 15.9 Å². The predicted octanol–water partition coefficient (Wildman–Crippen LogP) is 5.27. The van der Waals surface area contributed by atoms with Crippen LogP contribution in [0.4, 0.5) is 10.1 Å². The van der Waals surface area contributed by atoms with Crippen LogP contribution in [0.5, 0.6) is 11.5 Å². The van der Waals surface area contributed by atoms with Crippen molar-refractivity contribution in [2.45, 2.75) is 0 Å². The second kappa shape index (κ2) is 5.34. The Balaban J connectivity index is 2.40. The minimum Gasteiger partial charge on any atom is -0.454 e. The highest BCUT2D eigenvalue weighted by Gasteiger charge is 2.10. The lowest BCUT2D eigenvalue weighted by atomic mass is 10.3. The molecule has 0 aliphatic heterocycles. The molecular weight excluding hydrogens is 344 g/mol. The fraction of sp³-hybridized carbons (Fsp3) is 0. The van der Waals surface area contributed by atoms with Gasteiger partial charge in [-0.15, -0.1) is 0 Å². The largest absolute Gasteiger partial charge is 0.454 e. The van der Waals surface area contributed by atoms with E-state index >= 15 is 0 Å². The van der Waals surface area contributed by atoms with E-state index in [4.69, 9.17) is 33.7 Å². The molecule has 0 aliphatic rings. The van der Waals surface area contributed by atoms with E-state index < -0.39 is 5.82 Å². The molecule has 94 valence electrons. The minimum atomic E-state index is -0.410. The zero-order valence-electron chi connectivity index (χ0n) is 8.88. The molecule has 2 N–H and O–H groups in total. The van der Waals surface area contributed by atoms with Crippen LogP contribution < -0.4 is 10.5 Å². The molecule has 0 spiro atoms. The Morgan fingerprint density at radius 3 is 2.44 bits per heavy atom. The van der Waals surface area contributed by atoms with Crippen molar-refractivity contribution in [2.24, 2.45) is 0 Å². The first kappa shape index (κ1) is 13.5. The smallest absolute Gasteiger partial charge is 0.151 e. The number of nitrogens with two attached hydrogens (primary N) is 1. The molecule has 18 heavy (non-hydrogen) atoms. The van der Waals surface area contributed by atoms with Crippen LogP contribution in [-0.2, 0) is 0 Å². The van der Waals surface area contributed by atoms with Gasteiger partial charge in [0.05, 0.1) is 20.2 Å². The molecule has 2 aromatic carbocycles. The van der Waals surface area contributed by atoms with Crippen LogP contribution >= 0.6 is 39.1 Å². The van der Waals surface area contributed by atoms with Crippen molar-refractivity contribution in [3.63, 3.8) is 0 Å². The molecular formula is C12H7BrCl2FNO. The average molecular weight is 351 g/mol. The summed E-state index contributed by atoms with van der Waals surface area (Å²) in [5, 5.41) is 0.646. The lowest BCUT2D eigenvalue weighted by Gasteiger charge is -2.11. The minimum absolute atomic E-state index is 0.306. The van der Waals surface area contributed by atoms with Crippen molar-refractivity contribution in [2.75, 3.05) is 5.73 Å². The van der Waals surface area contributed by atoms with Crippen LogP contribution in [0.25, 0.3) is 0 Å². The van der Waals surface area contributed by atoms with E-state index in [1.165, 1.54) is 24.3 Å². The third-order valence-corrected chi connectivity index (χ3v) is 3.54. The van der Waals surface area contributed by atoms with Crippen LogP contribution in [-0.4, -0.2) is 0 Å². The second-order valence-electron chi connectivity index (χ2n) is 3.48. The van der Waals surface area contributed by atoms with Crippen molar-refractivity contribution in [3.05, 3.63) is 50.7 Å². The van der Waals surface area contributed by atoms with Crippen molar-refractivity contribution >= 4 is 44.8 Å². The van der Waals surface area contributed by atoms with E-state index in [0.717, 1.165) is 0 Å². The molecule has 0 aromatic heterocycles. The molecule has 0 bridgehead atoms. The van der Waals surface area contributed by atoms with E-state index in [1.807, 2.05) is 0 Å². The summed E-state index contributed by atoms with van der Waals surface area (Å²) in [6, 6.07) is 7.06. The maximum atomic E-state index is 13.1. The topological polar surface area (TPSA) is 35.2 Å². The van der Waals surface area contributed by atoms with Gasteiger partial charge in [0.1, 0.15) is 11.6 Å². The Labute approximate surface area is 122 Å². The standard InChI is InChI=1S/C12H7BrCl2FNO/c13-7-2-1-6(16)3-11(7)18-12-5-9(15)8(14)4-10(12)17/h1-5H,17H2. The fourth-order valence-corrected chi connectivity index (χ4v) is 1.96. The maximum absolute atomic E-state index is 13.1. The van der Waals surface area contributed by atoms with Crippen LogP contribution in [0.1, 0.15) is 0 Å². The van der Waals surface area contributed by atoms with E-state index in [1.54, 1.807) is 6.07 Å². The van der Waals surface area contributed by atoms with Crippen molar-refractivity contribution < 1.29 is 9.13 Å². The van der Waals surface area contributed by atoms with Gasteiger partial charge in [0.2, 0.25) is 0 Å². The summed E-state index contributed by atoms with van der Waals surface area (Å²) in [6.07, 6.45) is 0. The molecule has 2 rings (SSSR count). The molecule has 2 nitrogen and oxygen atoms in total. The first-order chi connectivity index (χ1) is 8.47. The zero-order chi connectivity index (χ0) is 13.3. The van der Waals surface area contributed by atoms with Gasteiger partial charge in [0.15, 0.2) is 5.75 Å². The average Bonchev–Trinajstić information content (AvgIpc) is 2.30. The van der Waals surface area contributed by atoms with Gasteiger partial charge in [-0.1, -0.05) is 23.2 Å². The monoisotopic (exact) mass is 349 g/mol. The van der Waals surface area contributed by atoms with Crippen molar-refractivity contribution in [3.8, 4) is 11.5 Å². The first-order valence-electron chi connectivity index (χ1n) is 4.85. The maximum Gasteiger partial charge on any atom is 0.151 e. The third-order valence-electron chi connectivity index (χ3n) is 2.17. The van der Waals surface area contributed by atoms with Crippen LogP contribution in [0, 0.1) is 5.82 Å². The Kier molecular flexibility index (Phi) is 4.00. The SMILES string of the molecule is Nc1cc(Cl)c(Cl)cc1Oc1cc(F)ccc1Br. The normalized spacial score (nSPS) is 10.4. The zero-order valence-corrected chi connectivity index (χ0v) is 12.0. The van der Waals surface area contributed by atoms with Gasteiger partial charge in [-0.3, -0.25) is 0 Å². The summed E-state index contributed by atoms with van der Waals surface area (Å²) in [7, 11) is 0. The lowest BCUT2D eigenvalue weighted by molar-refractivity contribution is 0.476. The van der Waals surface area contributed by atoms with Crippen LogP contribution in [0.15, 0.2) is 34.8 Å². The number of nitrogen functional groups attached to an aromatic ring is 1. The highest BCUT2D eigenvalue weighted by molar-refractivity contribution is 9.10. The van der Waals surface area contributed by atoms with Crippen molar-refractivity contribution in [1.29, 1.82) is 0 Å². The molecule has 0 heterocycles. The highest BCUT2D eigenvalue weighted by Crippen LogP contribution is 2.37. The number of benzene rings is 2. The summed E-state index contributed by atoms with van der Waals surface area (Å²) in [5.74, 6) is 0.211. The molecule has 0 saturated carbocycles. The van der Waals surface area contributed by atoms with Gasteiger partial charge in [-0.05, 0) is 34.1 Å². The van der Waals surface area contributed by atoms with E-state index in [-0.39, 0.29) is 0 Å². The van der Waals surface area contributed by atoms with Gasteiger partial charge < -0.3 is 10.5 Å². The Morgan fingerprint density at radius 1 is 1.06 bits per heavy atom. The van der Waals surface area contributed by atoms with Gasteiger partial charge in [-0.2, -0.15) is 0 Å². The summed E-state index contributed by atoms with van der Waals surface area (Å²) in [6.45, 7) is 0. The molecule has 0 atom stereocenters. The van der Waals surface area contributed by atoms with Gasteiger partial charge in [0.25, 0.3) is 0 Å². The quantitative estimate of drug-likeness (QED) is 0.749. The van der Waals surface area contributed by atoms with Gasteiger partial charge in [-0.25, -0.2) is 4.39 Å². The lowest BCUT2D eigenvalue weighted by Crippen LogP contribution is -1.93. The molecule has 0 aliphatic carbocycles. The van der Waals surface area contributed by atoms with E-state index in [9.17, 15) is 4.39 Å². The second-order valence-corrected chi connectivity index (χ2v) is 5.15. The third kappa shape index (κ3) is 2.88.